The molecule has 180 valence electrons. The Morgan fingerprint density at radius 1 is 1.17 bits per heavy atom. The summed E-state index contributed by atoms with van der Waals surface area (Å²) in [4.78, 5) is 23.7. The van der Waals surface area contributed by atoms with Crippen molar-refractivity contribution in [1.82, 2.24) is 29.5 Å². The number of morpholine rings is 1. The molecule has 1 aromatic carbocycles. The van der Waals surface area contributed by atoms with Crippen molar-refractivity contribution in [2.45, 2.75) is 31.3 Å². The molecule has 2 atom stereocenters. The third-order valence-electron chi connectivity index (χ3n) is 6.26. The van der Waals surface area contributed by atoms with Gasteiger partial charge in [0.1, 0.15) is 17.4 Å². The number of hydrogen-bond acceptors (Lipinski definition) is 8. The van der Waals surface area contributed by atoms with Crippen LogP contribution in [0.25, 0.3) is 22.2 Å². The first-order valence-electron chi connectivity index (χ1n) is 11.2. The van der Waals surface area contributed by atoms with E-state index in [4.69, 9.17) is 16.3 Å². The van der Waals surface area contributed by atoms with Crippen LogP contribution in [-0.4, -0.2) is 54.0 Å². The monoisotopic (exact) mass is 497 g/mol. The van der Waals surface area contributed by atoms with Crippen LogP contribution < -0.4 is 10.5 Å². The van der Waals surface area contributed by atoms with Crippen molar-refractivity contribution in [1.29, 1.82) is 0 Å². The Bertz CT molecular complexity index is 1500. The summed E-state index contributed by atoms with van der Waals surface area (Å²) in [6.45, 7) is 0.388. The number of hydrogen-bond donors (Lipinski definition) is 1. The standard InChI is InChI=1S/C23H21ClFN7O3/c1-30-22(34)21-16(8-26-30)20(15-5-2-13(24)6-17(15)25)28-23(29-21)31-10-18(35-19(33)11-31)12-7-27-32(9-12)14-3-4-14/h2,5-9,14,18-19,33H,3-4,10-11H2,1H3/t18-,19+/m0/s1. The number of nitrogens with zero attached hydrogens (tertiary/aromatic N) is 7. The zero-order valence-electron chi connectivity index (χ0n) is 18.7. The van der Waals surface area contributed by atoms with Crippen LogP contribution in [0.1, 0.15) is 30.6 Å². The summed E-state index contributed by atoms with van der Waals surface area (Å²) in [5, 5.41) is 19.5. The summed E-state index contributed by atoms with van der Waals surface area (Å²) >= 11 is 5.94. The molecule has 4 aromatic rings. The van der Waals surface area contributed by atoms with Crippen LogP contribution in [0.15, 0.2) is 41.6 Å². The molecule has 4 heterocycles. The van der Waals surface area contributed by atoms with Gasteiger partial charge in [0, 0.05) is 29.4 Å². The minimum Gasteiger partial charge on any atom is -0.366 e. The van der Waals surface area contributed by atoms with E-state index in [1.54, 1.807) is 17.2 Å². The van der Waals surface area contributed by atoms with E-state index < -0.39 is 23.8 Å². The van der Waals surface area contributed by atoms with Gasteiger partial charge in [0.2, 0.25) is 5.95 Å². The first-order valence-corrected chi connectivity index (χ1v) is 11.6. The highest BCUT2D eigenvalue weighted by molar-refractivity contribution is 6.30. The maximum absolute atomic E-state index is 14.9. The molecule has 1 saturated heterocycles. The molecule has 35 heavy (non-hydrogen) atoms. The molecule has 0 amide bonds. The molecule has 1 aliphatic heterocycles. The highest BCUT2D eigenvalue weighted by Gasteiger charge is 2.32. The smallest absolute Gasteiger partial charge is 0.293 e. The first kappa shape index (κ1) is 22.1. The Morgan fingerprint density at radius 3 is 2.77 bits per heavy atom. The zero-order chi connectivity index (χ0) is 24.3. The molecule has 3 aromatic heterocycles. The molecule has 1 N–H and O–H groups in total. The van der Waals surface area contributed by atoms with Gasteiger partial charge in [-0.05, 0) is 31.0 Å². The lowest BCUT2D eigenvalue weighted by atomic mass is 10.1. The summed E-state index contributed by atoms with van der Waals surface area (Å²) in [6.07, 6.45) is 5.69. The van der Waals surface area contributed by atoms with Gasteiger partial charge in [0.05, 0.1) is 42.6 Å². The quantitative estimate of drug-likeness (QED) is 0.458. The predicted molar refractivity (Wildman–Crippen MR) is 126 cm³/mol. The predicted octanol–water partition coefficient (Wildman–Crippen LogP) is 2.61. The average molecular weight is 498 g/mol. The summed E-state index contributed by atoms with van der Waals surface area (Å²) < 4.78 is 23.7. The minimum atomic E-state index is -1.12. The number of halogens is 2. The van der Waals surface area contributed by atoms with E-state index in [2.05, 4.69) is 20.2 Å². The molecular formula is C23H21ClFN7O3. The van der Waals surface area contributed by atoms with E-state index in [-0.39, 0.29) is 34.3 Å². The van der Waals surface area contributed by atoms with Gasteiger partial charge in [-0.2, -0.15) is 10.2 Å². The van der Waals surface area contributed by atoms with Crippen LogP contribution in [0.4, 0.5) is 10.3 Å². The molecule has 0 unspecified atom stereocenters. The summed E-state index contributed by atoms with van der Waals surface area (Å²) in [7, 11) is 1.51. The van der Waals surface area contributed by atoms with Crippen LogP contribution in [0.3, 0.4) is 0 Å². The molecule has 1 aliphatic carbocycles. The van der Waals surface area contributed by atoms with Gasteiger partial charge >= 0.3 is 0 Å². The SMILES string of the molecule is Cn1ncc2c(-c3ccc(Cl)cc3F)nc(N3C[C@@H](c4cnn(C5CC5)c4)O[C@@H](O)C3)nc2c1=O. The van der Waals surface area contributed by atoms with E-state index in [0.717, 1.165) is 23.1 Å². The summed E-state index contributed by atoms with van der Waals surface area (Å²) in [6, 6.07) is 4.65. The molecule has 0 spiro atoms. The van der Waals surface area contributed by atoms with Gasteiger partial charge in [-0.1, -0.05) is 11.6 Å². The summed E-state index contributed by atoms with van der Waals surface area (Å²) in [5.41, 5.74) is 0.844. The van der Waals surface area contributed by atoms with Crippen LogP contribution in [0.2, 0.25) is 5.02 Å². The lowest BCUT2D eigenvalue weighted by Crippen LogP contribution is -2.45. The van der Waals surface area contributed by atoms with Gasteiger partial charge in [-0.25, -0.2) is 19.0 Å². The molecule has 0 bridgehead atoms. The van der Waals surface area contributed by atoms with Gasteiger partial charge < -0.3 is 14.7 Å². The fraction of sp³-hybridized carbons (Fsp3) is 0.348. The largest absolute Gasteiger partial charge is 0.366 e. The van der Waals surface area contributed by atoms with Crippen molar-refractivity contribution < 1.29 is 14.2 Å². The third kappa shape index (κ3) is 4.05. The second-order valence-corrected chi connectivity index (χ2v) is 9.24. The average Bonchev–Trinajstić information content (AvgIpc) is 3.57. The summed E-state index contributed by atoms with van der Waals surface area (Å²) in [5.74, 6) is -0.413. The maximum Gasteiger partial charge on any atom is 0.293 e. The number of aliphatic hydroxyl groups excluding tert-OH is 1. The normalized spacial score (nSPS) is 20.5. The van der Waals surface area contributed by atoms with Crippen molar-refractivity contribution in [2.24, 2.45) is 7.05 Å². The highest BCUT2D eigenvalue weighted by Crippen LogP contribution is 2.36. The van der Waals surface area contributed by atoms with Gasteiger partial charge in [0.15, 0.2) is 6.29 Å². The molecule has 12 heteroatoms. The molecule has 6 rings (SSSR count). The first-order chi connectivity index (χ1) is 16.9. The van der Waals surface area contributed by atoms with Crippen molar-refractivity contribution >= 4 is 28.5 Å². The second kappa shape index (κ2) is 8.36. The van der Waals surface area contributed by atoms with E-state index >= 15 is 0 Å². The Hall–Kier alpha value is -3.41. The van der Waals surface area contributed by atoms with Gasteiger partial charge in [-0.3, -0.25) is 9.48 Å². The van der Waals surface area contributed by atoms with Crippen LogP contribution in [0.5, 0.6) is 0 Å². The van der Waals surface area contributed by atoms with E-state index in [9.17, 15) is 14.3 Å². The van der Waals surface area contributed by atoms with Gasteiger partial charge in [-0.15, -0.1) is 0 Å². The lowest BCUT2D eigenvalue weighted by molar-refractivity contribution is -0.145. The Balaban J connectivity index is 1.45. The molecular weight excluding hydrogens is 477 g/mol. The number of rotatable bonds is 4. The number of β-amino-alcohol motifs (C(OH)–C–C–N with tert-alkyl or cyclic N) is 1. The minimum absolute atomic E-state index is 0.0761. The van der Waals surface area contributed by atoms with Crippen LogP contribution in [-0.2, 0) is 11.8 Å². The molecule has 10 nitrogen and oxygen atoms in total. The number of aliphatic hydroxyl groups is 1. The fourth-order valence-electron chi connectivity index (χ4n) is 4.27. The van der Waals surface area contributed by atoms with Crippen molar-refractivity contribution in [3.8, 4) is 11.3 Å². The third-order valence-corrected chi connectivity index (χ3v) is 6.49. The molecule has 2 aliphatic rings. The number of aromatic nitrogens is 6. The van der Waals surface area contributed by atoms with Crippen molar-refractivity contribution in [3.63, 3.8) is 0 Å². The molecule has 1 saturated carbocycles. The van der Waals surface area contributed by atoms with Crippen molar-refractivity contribution in [2.75, 3.05) is 18.0 Å². The highest BCUT2D eigenvalue weighted by atomic mass is 35.5. The van der Waals surface area contributed by atoms with E-state index in [1.165, 1.54) is 25.4 Å². The molecule has 2 fully saturated rings. The second-order valence-electron chi connectivity index (χ2n) is 8.80. The number of fused-ring (bicyclic) bond motifs is 1. The number of aryl methyl sites for hydroxylation is 1. The van der Waals surface area contributed by atoms with Crippen molar-refractivity contribution in [3.05, 3.63) is 63.5 Å². The van der Waals surface area contributed by atoms with Crippen LogP contribution >= 0.6 is 11.6 Å². The Morgan fingerprint density at radius 2 is 2.00 bits per heavy atom. The zero-order valence-corrected chi connectivity index (χ0v) is 19.4. The molecule has 0 radical (unpaired) electrons. The fourth-order valence-corrected chi connectivity index (χ4v) is 4.42. The number of benzene rings is 1. The Labute approximate surface area is 203 Å². The number of ether oxygens (including phenoxy) is 1. The van der Waals surface area contributed by atoms with E-state index in [1.807, 2.05) is 10.9 Å². The van der Waals surface area contributed by atoms with E-state index in [0.29, 0.717) is 18.0 Å². The number of anilines is 1. The lowest BCUT2D eigenvalue weighted by Gasteiger charge is -2.35. The van der Waals surface area contributed by atoms with Crippen LogP contribution in [0, 0.1) is 5.82 Å². The topological polar surface area (TPSA) is 111 Å². The maximum atomic E-state index is 14.9. The Kier molecular flexibility index (Phi) is 5.28. The van der Waals surface area contributed by atoms with Gasteiger partial charge in [0.25, 0.3) is 5.56 Å².